The molecule has 24 heavy (non-hydrogen) atoms. The predicted octanol–water partition coefficient (Wildman–Crippen LogP) is 4.08. The van der Waals surface area contributed by atoms with Crippen molar-refractivity contribution in [2.75, 3.05) is 19.6 Å². The number of hydrogen-bond donors (Lipinski definition) is 0. The van der Waals surface area contributed by atoms with E-state index in [1.165, 1.54) is 63.7 Å². The Morgan fingerprint density at radius 2 is 1.92 bits per heavy atom. The van der Waals surface area contributed by atoms with Gasteiger partial charge in [0.2, 0.25) is 0 Å². The van der Waals surface area contributed by atoms with Gasteiger partial charge < -0.3 is 0 Å². The summed E-state index contributed by atoms with van der Waals surface area (Å²) in [6, 6.07) is 12.7. The molecule has 0 spiro atoms. The molecule has 3 aliphatic heterocycles. The zero-order valence-electron chi connectivity index (χ0n) is 14.7. The monoisotopic (exact) mass is 322 g/mol. The fourth-order valence-corrected chi connectivity index (χ4v) is 6.08. The largest absolute Gasteiger partial charge is 0.299 e. The summed E-state index contributed by atoms with van der Waals surface area (Å²) in [5.74, 6) is 1.72. The van der Waals surface area contributed by atoms with Crippen molar-refractivity contribution in [3.8, 4) is 0 Å². The van der Waals surface area contributed by atoms with Gasteiger partial charge in [-0.3, -0.25) is 9.80 Å². The molecule has 0 amide bonds. The third-order valence-electron chi connectivity index (χ3n) is 6.99. The molecule has 4 aliphatic rings. The van der Waals surface area contributed by atoms with Crippen LogP contribution in [-0.4, -0.2) is 41.5 Å². The van der Waals surface area contributed by atoms with Gasteiger partial charge in [0.1, 0.15) is 0 Å². The second-order valence-electron chi connectivity index (χ2n) is 8.46. The molecule has 3 saturated heterocycles. The lowest BCUT2D eigenvalue weighted by atomic mass is 9.68. The van der Waals surface area contributed by atoms with Crippen LogP contribution < -0.4 is 0 Å². The zero-order valence-corrected chi connectivity index (χ0v) is 14.7. The van der Waals surface area contributed by atoms with E-state index in [1.54, 1.807) is 5.57 Å². The van der Waals surface area contributed by atoms with Crippen LogP contribution in [0.1, 0.15) is 44.1 Å². The summed E-state index contributed by atoms with van der Waals surface area (Å²) in [4.78, 5) is 5.65. The number of nitrogens with zero attached hydrogens (tertiary/aromatic N) is 2. The number of piperidine rings is 3. The van der Waals surface area contributed by atoms with Gasteiger partial charge in [-0.1, -0.05) is 48.4 Å². The van der Waals surface area contributed by atoms with Gasteiger partial charge >= 0.3 is 0 Å². The highest BCUT2D eigenvalue weighted by Gasteiger charge is 2.45. The van der Waals surface area contributed by atoms with Gasteiger partial charge in [-0.05, 0) is 62.6 Å². The van der Waals surface area contributed by atoms with Crippen molar-refractivity contribution in [1.82, 2.24) is 9.80 Å². The van der Waals surface area contributed by atoms with Gasteiger partial charge in [-0.15, -0.1) is 0 Å². The maximum Gasteiger partial charge on any atom is 0.0351 e. The van der Waals surface area contributed by atoms with Crippen LogP contribution >= 0.6 is 0 Å². The highest BCUT2D eigenvalue weighted by Crippen LogP contribution is 2.45. The first-order valence-electron chi connectivity index (χ1n) is 10.1. The molecule has 5 rings (SSSR count). The van der Waals surface area contributed by atoms with Gasteiger partial charge in [-0.25, -0.2) is 0 Å². The maximum absolute atomic E-state index is 2.85. The molecule has 0 unspecified atom stereocenters. The second-order valence-corrected chi connectivity index (χ2v) is 8.46. The number of hydrogen-bond acceptors (Lipinski definition) is 2. The highest BCUT2D eigenvalue weighted by molar-refractivity contribution is 5.25. The molecule has 0 saturated carbocycles. The molecule has 0 radical (unpaired) electrons. The molecule has 3 heterocycles. The van der Waals surface area contributed by atoms with E-state index in [1.807, 2.05) is 0 Å². The van der Waals surface area contributed by atoms with E-state index in [0.717, 1.165) is 30.5 Å². The number of rotatable bonds is 2. The molecule has 1 aromatic rings. The van der Waals surface area contributed by atoms with E-state index in [9.17, 15) is 0 Å². The van der Waals surface area contributed by atoms with Crippen LogP contribution in [0.5, 0.6) is 0 Å². The molecule has 128 valence electrons. The minimum atomic E-state index is 0.720. The van der Waals surface area contributed by atoms with Crippen molar-refractivity contribution in [2.45, 2.75) is 57.2 Å². The Kier molecular flexibility index (Phi) is 3.99. The second kappa shape index (κ2) is 6.31. The minimum absolute atomic E-state index is 0.720. The summed E-state index contributed by atoms with van der Waals surface area (Å²) in [7, 11) is 0. The molecule has 0 aromatic heterocycles. The summed E-state index contributed by atoms with van der Waals surface area (Å²) in [5.41, 5.74) is 3.27. The standard InChI is InChI=1S/C22H30N2/c1-2-7-17(8-3-1)15-24-12-6-9-18-13-19-14-20(22(18)24)16-23-11-5-4-10-21(19)23/h1-3,7-8,13,19-22H,4-6,9-12,14-16H2/t19-,20-,21-,22+/m0/s1. The molecular weight excluding hydrogens is 292 g/mol. The SMILES string of the molecule is C1=C2CCCN(Cc3ccccc3)[C@H]2[C@H]2C[C@H]1[C@@H]1CCCCN1C2. The van der Waals surface area contributed by atoms with E-state index in [4.69, 9.17) is 0 Å². The Morgan fingerprint density at radius 1 is 1.00 bits per heavy atom. The topological polar surface area (TPSA) is 6.48 Å². The molecule has 2 nitrogen and oxygen atoms in total. The fourth-order valence-electron chi connectivity index (χ4n) is 6.08. The highest BCUT2D eigenvalue weighted by atomic mass is 15.2. The fraction of sp³-hybridized carbons (Fsp3) is 0.636. The smallest absolute Gasteiger partial charge is 0.0351 e. The van der Waals surface area contributed by atoms with E-state index in [-0.39, 0.29) is 0 Å². The van der Waals surface area contributed by atoms with Crippen molar-refractivity contribution >= 4 is 0 Å². The Morgan fingerprint density at radius 3 is 2.83 bits per heavy atom. The molecule has 0 N–H and O–H groups in total. The van der Waals surface area contributed by atoms with Crippen molar-refractivity contribution in [2.24, 2.45) is 11.8 Å². The molecular formula is C22H30N2. The number of benzene rings is 1. The Balaban J connectivity index is 1.42. The molecule has 2 bridgehead atoms. The van der Waals surface area contributed by atoms with Crippen LogP contribution in [0.3, 0.4) is 0 Å². The predicted molar refractivity (Wildman–Crippen MR) is 98.8 cm³/mol. The molecule has 1 aromatic carbocycles. The summed E-state index contributed by atoms with van der Waals surface area (Å²) < 4.78 is 0. The summed E-state index contributed by atoms with van der Waals surface area (Å²) >= 11 is 0. The summed E-state index contributed by atoms with van der Waals surface area (Å²) in [6.07, 6.45) is 11.2. The Bertz CT molecular complexity index is 608. The van der Waals surface area contributed by atoms with Crippen LogP contribution in [0.25, 0.3) is 0 Å². The third-order valence-corrected chi connectivity index (χ3v) is 6.99. The number of fused-ring (bicyclic) bond motifs is 6. The lowest BCUT2D eigenvalue weighted by Crippen LogP contribution is -2.58. The van der Waals surface area contributed by atoms with Crippen molar-refractivity contribution in [3.63, 3.8) is 0 Å². The van der Waals surface area contributed by atoms with Gasteiger partial charge in [0.25, 0.3) is 0 Å². The van der Waals surface area contributed by atoms with E-state index < -0.39 is 0 Å². The lowest BCUT2D eigenvalue weighted by Gasteiger charge is -2.54. The van der Waals surface area contributed by atoms with E-state index in [2.05, 4.69) is 46.2 Å². The van der Waals surface area contributed by atoms with Gasteiger partial charge in [0.05, 0.1) is 0 Å². The van der Waals surface area contributed by atoms with Gasteiger partial charge in [0, 0.05) is 25.2 Å². The van der Waals surface area contributed by atoms with Crippen molar-refractivity contribution in [3.05, 3.63) is 47.5 Å². The summed E-state index contributed by atoms with van der Waals surface area (Å²) in [6.45, 7) is 5.12. The van der Waals surface area contributed by atoms with Crippen LogP contribution in [0, 0.1) is 11.8 Å². The average Bonchev–Trinajstić information content (AvgIpc) is 2.63. The lowest BCUT2D eigenvalue weighted by molar-refractivity contribution is -0.00264. The van der Waals surface area contributed by atoms with E-state index in [0.29, 0.717) is 0 Å². The number of likely N-dealkylation sites (tertiary alicyclic amines) is 1. The van der Waals surface area contributed by atoms with Gasteiger partial charge in [0.15, 0.2) is 0 Å². The van der Waals surface area contributed by atoms with Crippen LogP contribution in [-0.2, 0) is 6.54 Å². The normalized spacial score (nSPS) is 36.6. The Hall–Kier alpha value is -1.12. The third kappa shape index (κ3) is 2.64. The first kappa shape index (κ1) is 15.2. The molecule has 3 fully saturated rings. The van der Waals surface area contributed by atoms with Crippen LogP contribution in [0.2, 0.25) is 0 Å². The van der Waals surface area contributed by atoms with Gasteiger partial charge in [-0.2, -0.15) is 0 Å². The first-order valence-corrected chi connectivity index (χ1v) is 10.1. The average molecular weight is 322 g/mol. The maximum atomic E-state index is 2.85. The van der Waals surface area contributed by atoms with E-state index >= 15 is 0 Å². The summed E-state index contributed by atoms with van der Waals surface area (Å²) in [5, 5.41) is 0. The van der Waals surface area contributed by atoms with Crippen molar-refractivity contribution in [1.29, 1.82) is 0 Å². The molecule has 1 aliphatic carbocycles. The Labute approximate surface area is 146 Å². The van der Waals surface area contributed by atoms with Crippen LogP contribution in [0.4, 0.5) is 0 Å². The first-order chi connectivity index (χ1) is 11.9. The quantitative estimate of drug-likeness (QED) is 0.757. The zero-order chi connectivity index (χ0) is 15.9. The minimum Gasteiger partial charge on any atom is -0.299 e. The molecule has 4 atom stereocenters. The van der Waals surface area contributed by atoms with Crippen molar-refractivity contribution < 1.29 is 0 Å². The van der Waals surface area contributed by atoms with Crippen LogP contribution in [0.15, 0.2) is 42.0 Å². The molecule has 2 heteroatoms.